The van der Waals surface area contributed by atoms with Gasteiger partial charge in [-0.05, 0) is 18.9 Å². The first-order valence-electron chi connectivity index (χ1n) is 6.69. The topological polar surface area (TPSA) is 60.4 Å². The Hall–Kier alpha value is -0.510. The van der Waals surface area contributed by atoms with Crippen molar-refractivity contribution < 1.29 is 44.6 Å². The second-order valence-corrected chi connectivity index (χ2v) is 4.62. The van der Waals surface area contributed by atoms with Crippen molar-refractivity contribution in [2.24, 2.45) is 0 Å². The van der Waals surface area contributed by atoms with E-state index in [1.54, 1.807) is 12.1 Å². The average molecular weight is 272 g/mol. The SMILES string of the molecule is CCCCCCCCc1cccc(C(=O)O)c1[O-].[Na+]. The van der Waals surface area contributed by atoms with Crippen LogP contribution in [0.5, 0.6) is 5.75 Å². The molecule has 0 aromatic heterocycles. The number of aryl methyl sites for hydroxylation is 1. The van der Waals surface area contributed by atoms with Gasteiger partial charge in [0, 0.05) is 0 Å². The molecule has 1 aromatic carbocycles. The van der Waals surface area contributed by atoms with Gasteiger partial charge in [-0.1, -0.05) is 62.5 Å². The van der Waals surface area contributed by atoms with Crippen molar-refractivity contribution in [2.45, 2.75) is 51.9 Å². The van der Waals surface area contributed by atoms with E-state index >= 15 is 0 Å². The van der Waals surface area contributed by atoms with E-state index in [-0.39, 0.29) is 40.9 Å². The predicted molar refractivity (Wildman–Crippen MR) is 69.9 cm³/mol. The van der Waals surface area contributed by atoms with Crippen LogP contribution in [0.2, 0.25) is 0 Å². The fraction of sp³-hybridized carbons (Fsp3) is 0.533. The first kappa shape index (κ1) is 18.5. The molecule has 0 heterocycles. The molecule has 0 aliphatic carbocycles. The Bertz CT molecular complexity index is 391. The summed E-state index contributed by atoms with van der Waals surface area (Å²) < 4.78 is 0. The second-order valence-electron chi connectivity index (χ2n) is 4.62. The summed E-state index contributed by atoms with van der Waals surface area (Å²) >= 11 is 0. The maximum absolute atomic E-state index is 11.8. The normalized spacial score (nSPS) is 9.95. The Kier molecular flexibility index (Phi) is 10.0. The van der Waals surface area contributed by atoms with Gasteiger partial charge in [0.25, 0.3) is 0 Å². The van der Waals surface area contributed by atoms with Gasteiger partial charge in [0.05, 0.1) is 5.56 Å². The van der Waals surface area contributed by atoms with Crippen LogP contribution in [0.25, 0.3) is 0 Å². The Morgan fingerprint density at radius 3 is 2.42 bits per heavy atom. The molecule has 0 atom stereocenters. The first-order chi connectivity index (χ1) is 8.66. The van der Waals surface area contributed by atoms with Gasteiger partial charge in [0.2, 0.25) is 0 Å². The minimum absolute atomic E-state index is 0. The Morgan fingerprint density at radius 2 is 1.79 bits per heavy atom. The third-order valence-electron chi connectivity index (χ3n) is 3.13. The molecule has 0 aliphatic heterocycles. The molecule has 0 spiro atoms. The van der Waals surface area contributed by atoms with E-state index in [1.165, 1.54) is 31.7 Å². The van der Waals surface area contributed by atoms with Crippen LogP contribution >= 0.6 is 0 Å². The van der Waals surface area contributed by atoms with Crippen LogP contribution in [-0.2, 0) is 6.42 Å². The average Bonchev–Trinajstić information content (AvgIpc) is 2.35. The molecule has 1 aromatic rings. The molecule has 0 amide bonds. The van der Waals surface area contributed by atoms with E-state index in [1.807, 2.05) is 0 Å². The molecule has 0 fully saturated rings. The van der Waals surface area contributed by atoms with Crippen LogP contribution in [0.3, 0.4) is 0 Å². The van der Waals surface area contributed by atoms with Gasteiger partial charge in [-0.3, -0.25) is 0 Å². The number of unbranched alkanes of at least 4 members (excludes halogenated alkanes) is 5. The molecule has 0 unspecified atom stereocenters. The Labute approximate surface area is 137 Å². The molecule has 0 aliphatic rings. The summed E-state index contributed by atoms with van der Waals surface area (Å²) in [6.07, 6.45) is 7.69. The largest absolute Gasteiger partial charge is 1.00 e. The minimum Gasteiger partial charge on any atom is -0.872 e. The molecule has 19 heavy (non-hydrogen) atoms. The van der Waals surface area contributed by atoms with Crippen molar-refractivity contribution in [1.82, 2.24) is 0 Å². The number of aromatic carboxylic acids is 1. The quantitative estimate of drug-likeness (QED) is 0.549. The number of hydrogen-bond acceptors (Lipinski definition) is 2. The van der Waals surface area contributed by atoms with Gasteiger partial charge in [0.15, 0.2) is 0 Å². The summed E-state index contributed by atoms with van der Waals surface area (Å²) in [6, 6.07) is 4.76. The van der Waals surface area contributed by atoms with Crippen molar-refractivity contribution in [3.8, 4) is 5.75 Å². The number of hydrogen-bond donors (Lipinski definition) is 1. The number of carboxylic acid groups (broad SMARTS) is 1. The van der Waals surface area contributed by atoms with Gasteiger partial charge in [-0.2, -0.15) is 0 Å². The smallest absolute Gasteiger partial charge is 0.872 e. The zero-order valence-corrected chi connectivity index (χ0v) is 13.9. The summed E-state index contributed by atoms with van der Waals surface area (Å²) in [5, 5.41) is 20.7. The van der Waals surface area contributed by atoms with Crippen LogP contribution in [0.1, 0.15) is 61.4 Å². The number of benzene rings is 1. The third-order valence-corrected chi connectivity index (χ3v) is 3.13. The Balaban J connectivity index is 0.00000324. The summed E-state index contributed by atoms with van der Waals surface area (Å²) in [7, 11) is 0. The van der Waals surface area contributed by atoms with Gasteiger partial charge < -0.3 is 10.2 Å². The number of carboxylic acids is 1. The molecule has 0 radical (unpaired) electrons. The standard InChI is InChI=1S/C15H22O3.Na/c1-2-3-4-5-6-7-9-12-10-8-11-13(14(12)16)15(17)18;/h8,10-11,16H,2-7,9H2,1H3,(H,17,18);/q;+1/p-1. The molecule has 0 saturated heterocycles. The molecular formula is C15H21NaO3. The van der Waals surface area contributed by atoms with Gasteiger partial charge in [-0.15, -0.1) is 0 Å². The molecular weight excluding hydrogens is 251 g/mol. The Morgan fingerprint density at radius 1 is 1.16 bits per heavy atom. The van der Waals surface area contributed by atoms with Crippen molar-refractivity contribution in [3.05, 3.63) is 29.3 Å². The summed E-state index contributed by atoms with van der Waals surface area (Å²) in [5.41, 5.74) is 0.517. The zero-order valence-electron chi connectivity index (χ0n) is 11.9. The van der Waals surface area contributed by atoms with Crippen LogP contribution in [0.4, 0.5) is 0 Å². The van der Waals surface area contributed by atoms with E-state index in [2.05, 4.69) is 6.92 Å². The summed E-state index contributed by atoms with van der Waals surface area (Å²) in [5.74, 6) is -1.46. The van der Waals surface area contributed by atoms with E-state index in [0.717, 1.165) is 12.8 Å². The molecule has 0 saturated carbocycles. The molecule has 4 heteroatoms. The monoisotopic (exact) mass is 272 g/mol. The molecule has 100 valence electrons. The first-order valence-corrected chi connectivity index (χ1v) is 6.69. The van der Waals surface area contributed by atoms with Gasteiger partial charge in [0.1, 0.15) is 0 Å². The van der Waals surface area contributed by atoms with Crippen molar-refractivity contribution in [3.63, 3.8) is 0 Å². The van der Waals surface area contributed by atoms with Crippen molar-refractivity contribution in [2.75, 3.05) is 0 Å². The molecule has 1 rings (SSSR count). The second kappa shape index (κ2) is 10.3. The molecule has 0 bridgehead atoms. The van der Waals surface area contributed by atoms with Crippen LogP contribution in [-0.4, -0.2) is 11.1 Å². The fourth-order valence-electron chi connectivity index (χ4n) is 2.05. The maximum Gasteiger partial charge on any atom is 1.00 e. The summed E-state index contributed by atoms with van der Waals surface area (Å²) in [4.78, 5) is 10.8. The zero-order chi connectivity index (χ0) is 13.4. The van der Waals surface area contributed by atoms with Gasteiger partial charge >= 0.3 is 35.5 Å². The van der Waals surface area contributed by atoms with Crippen molar-refractivity contribution >= 4 is 5.97 Å². The number of rotatable bonds is 8. The third kappa shape index (κ3) is 6.46. The van der Waals surface area contributed by atoms with Crippen LogP contribution < -0.4 is 34.7 Å². The van der Waals surface area contributed by atoms with E-state index in [9.17, 15) is 9.90 Å². The fourth-order valence-corrected chi connectivity index (χ4v) is 2.05. The van der Waals surface area contributed by atoms with E-state index in [4.69, 9.17) is 5.11 Å². The maximum atomic E-state index is 11.8. The van der Waals surface area contributed by atoms with Gasteiger partial charge in [-0.25, -0.2) is 4.79 Å². The van der Waals surface area contributed by atoms with Crippen LogP contribution in [0.15, 0.2) is 18.2 Å². The van der Waals surface area contributed by atoms with Crippen molar-refractivity contribution in [1.29, 1.82) is 0 Å². The molecule has 1 N–H and O–H groups in total. The number of para-hydroxylation sites is 1. The summed E-state index contributed by atoms with van der Waals surface area (Å²) in [6.45, 7) is 2.18. The molecule has 3 nitrogen and oxygen atoms in total. The van der Waals surface area contributed by atoms with E-state index in [0.29, 0.717) is 12.0 Å². The van der Waals surface area contributed by atoms with Crippen LogP contribution in [0, 0.1) is 0 Å². The predicted octanol–water partition coefficient (Wildman–Crippen LogP) is 0.365. The van der Waals surface area contributed by atoms with E-state index < -0.39 is 5.97 Å². The minimum atomic E-state index is -1.13. The number of carbonyl (C=O) groups is 1.